The van der Waals surface area contributed by atoms with E-state index >= 15 is 0 Å². The lowest BCUT2D eigenvalue weighted by atomic mass is 9.45. The maximum absolute atomic E-state index is 12.3. The SMILES string of the molecule is CC12C(=CC(=O)C[C@@H]1S)C1CC1C1C2CCC2(C)C1C1CC1[C@@]21CCC(=O)O1. The highest BCUT2D eigenvalue weighted by Crippen LogP contribution is 2.82. The maximum atomic E-state index is 12.3. The fourth-order valence-electron chi connectivity index (χ4n) is 9.78. The van der Waals surface area contributed by atoms with E-state index in [0.717, 1.165) is 24.2 Å². The number of carbonyl (C=O) groups excluding carboxylic acids is 2. The molecular formula is C24H30O3S. The molecule has 0 aromatic rings. The van der Waals surface area contributed by atoms with Crippen molar-refractivity contribution in [2.24, 2.45) is 52.3 Å². The summed E-state index contributed by atoms with van der Waals surface area (Å²) in [6.45, 7) is 4.91. The van der Waals surface area contributed by atoms with Crippen LogP contribution < -0.4 is 0 Å². The van der Waals surface area contributed by atoms with Crippen molar-refractivity contribution in [2.45, 2.75) is 69.6 Å². The fraction of sp³-hybridized carbons (Fsp3) is 0.833. The molecule has 0 aromatic carbocycles. The van der Waals surface area contributed by atoms with E-state index in [0.29, 0.717) is 36.5 Å². The predicted molar refractivity (Wildman–Crippen MR) is 108 cm³/mol. The van der Waals surface area contributed by atoms with Crippen LogP contribution in [0.4, 0.5) is 0 Å². The smallest absolute Gasteiger partial charge is 0.306 e. The summed E-state index contributed by atoms with van der Waals surface area (Å²) in [5.41, 5.74) is 1.53. The van der Waals surface area contributed by atoms with Gasteiger partial charge in [-0.25, -0.2) is 0 Å². The molecule has 0 radical (unpaired) electrons. The Morgan fingerprint density at radius 1 is 1.11 bits per heavy atom. The lowest BCUT2D eigenvalue weighted by Crippen LogP contribution is -2.59. The van der Waals surface area contributed by atoms with Crippen molar-refractivity contribution in [3.8, 4) is 0 Å². The van der Waals surface area contributed by atoms with Crippen LogP contribution in [0.25, 0.3) is 0 Å². The number of hydrogen-bond acceptors (Lipinski definition) is 4. The van der Waals surface area contributed by atoms with E-state index < -0.39 is 0 Å². The van der Waals surface area contributed by atoms with Crippen LogP contribution in [0.5, 0.6) is 0 Å². The zero-order valence-corrected chi connectivity index (χ0v) is 17.7. The van der Waals surface area contributed by atoms with Crippen LogP contribution >= 0.6 is 12.6 Å². The Bertz CT molecular complexity index is 864. The number of thiol groups is 1. The maximum Gasteiger partial charge on any atom is 0.306 e. The molecule has 1 spiro atoms. The third-order valence-corrected chi connectivity index (χ3v) is 11.7. The van der Waals surface area contributed by atoms with E-state index in [1.54, 1.807) is 0 Å². The van der Waals surface area contributed by atoms with Gasteiger partial charge in [0.05, 0.1) is 0 Å². The molecule has 1 saturated heterocycles. The molecule has 0 bridgehead atoms. The average molecular weight is 399 g/mol. The summed E-state index contributed by atoms with van der Waals surface area (Å²) in [5, 5.41) is 0.160. The Labute approximate surface area is 172 Å². The molecule has 28 heavy (non-hydrogen) atoms. The third kappa shape index (κ3) is 1.63. The summed E-state index contributed by atoms with van der Waals surface area (Å²) in [5.74, 6) is 5.18. The standard InChI is InChI=1S/C24H30O3S/c1-22-5-3-15-20(21(22)14-10-17(14)24(22)6-4-19(26)27-24)13-9-12(13)16-7-11(25)8-18(28)23(15,16)2/h7,12-15,17-18,20-21,28H,3-6,8-10H2,1-2H3/t12?,13?,14?,15?,17?,18-,20?,21?,22?,23?,24-/m0/s1. The van der Waals surface area contributed by atoms with Crippen LogP contribution in [0.2, 0.25) is 0 Å². The minimum absolute atomic E-state index is 0.0426. The third-order valence-electron chi connectivity index (χ3n) is 11.0. The number of ether oxygens (including phenoxy) is 1. The molecule has 7 aliphatic rings. The van der Waals surface area contributed by atoms with Crippen LogP contribution in [0.1, 0.15) is 58.8 Å². The van der Waals surface area contributed by atoms with Gasteiger partial charge in [0.25, 0.3) is 0 Å². The summed E-state index contributed by atoms with van der Waals surface area (Å²) in [4.78, 5) is 24.5. The molecular weight excluding hydrogens is 368 g/mol. The summed E-state index contributed by atoms with van der Waals surface area (Å²) in [6.07, 6.45) is 9.13. The number of rotatable bonds is 0. The van der Waals surface area contributed by atoms with Gasteiger partial charge in [-0.05, 0) is 73.7 Å². The van der Waals surface area contributed by atoms with Gasteiger partial charge in [0.1, 0.15) is 5.60 Å². The molecule has 5 saturated carbocycles. The Morgan fingerprint density at radius 3 is 2.68 bits per heavy atom. The average Bonchev–Trinajstić information content (AvgIpc) is 3.54. The van der Waals surface area contributed by atoms with Crippen molar-refractivity contribution in [3.63, 3.8) is 0 Å². The molecule has 150 valence electrons. The first-order valence-electron chi connectivity index (χ1n) is 11.5. The first-order valence-corrected chi connectivity index (χ1v) is 12.0. The zero-order valence-electron chi connectivity index (χ0n) is 16.8. The van der Waals surface area contributed by atoms with Gasteiger partial charge in [-0.15, -0.1) is 0 Å². The largest absolute Gasteiger partial charge is 0.458 e. The summed E-state index contributed by atoms with van der Waals surface area (Å²) < 4.78 is 6.22. The van der Waals surface area contributed by atoms with Crippen molar-refractivity contribution in [1.82, 2.24) is 0 Å². The number of ketones is 1. The van der Waals surface area contributed by atoms with Crippen LogP contribution in [0, 0.1) is 52.3 Å². The van der Waals surface area contributed by atoms with E-state index in [9.17, 15) is 9.59 Å². The molecule has 3 nitrogen and oxygen atoms in total. The normalized spacial score (nSPS) is 62.9. The second-order valence-corrected chi connectivity index (χ2v) is 12.2. The van der Waals surface area contributed by atoms with Gasteiger partial charge in [0.2, 0.25) is 0 Å². The Hall–Kier alpha value is -0.770. The molecule has 1 aliphatic heterocycles. The number of carbonyl (C=O) groups is 2. The van der Waals surface area contributed by atoms with E-state index in [1.165, 1.54) is 31.3 Å². The molecule has 9 unspecified atom stereocenters. The zero-order chi connectivity index (χ0) is 19.2. The fourth-order valence-corrected chi connectivity index (χ4v) is 10.3. The summed E-state index contributed by atoms with van der Waals surface area (Å²) in [7, 11) is 0. The van der Waals surface area contributed by atoms with Gasteiger partial charge in [0, 0.05) is 34.8 Å². The Morgan fingerprint density at radius 2 is 1.93 bits per heavy atom. The second-order valence-electron chi connectivity index (χ2n) is 11.6. The Kier molecular flexibility index (Phi) is 2.88. The van der Waals surface area contributed by atoms with Crippen molar-refractivity contribution in [1.29, 1.82) is 0 Å². The predicted octanol–water partition coefficient (Wildman–Crippen LogP) is 4.21. The van der Waals surface area contributed by atoms with Gasteiger partial charge in [-0.3, -0.25) is 9.59 Å². The highest BCUT2D eigenvalue weighted by Gasteiger charge is 2.81. The van der Waals surface area contributed by atoms with Gasteiger partial charge in [0.15, 0.2) is 5.78 Å². The van der Waals surface area contributed by atoms with Crippen molar-refractivity contribution < 1.29 is 14.3 Å². The van der Waals surface area contributed by atoms with Crippen molar-refractivity contribution >= 4 is 24.4 Å². The van der Waals surface area contributed by atoms with Gasteiger partial charge in [-0.1, -0.05) is 19.4 Å². The van der Waals surface area contributed by atoms with Gasteiger partial charge >= 0.3 is 5.97 Å². The highest BCUT2D eigenvalue weighted by atomic mass is 32.1. The minimum atomic E-state index is -0.158. The molecule has 6 aliphatic carbocycles. The van der Waals surface area contributed by atoms with E-state index in [1.807, 2.05) is 6.08 Å². The molecule has 1 heterocycles. The summed E-state index contributed by atoms with van der Waals surface area (Å²) in [6, 6.07) is 0. The number of hydrogen-bond donors (Lipinski definition) is 1. The number of esters is 1. The molecule has 0 aromatic heterocycles. The molecule has 0 amide bonds. The topological polar surface area (TPSA) is 43.4 Å². The van der Waals surface area contributed by atoms with E-state index in [2.05, 4.69) is 13.8 Å². The molecule has 11 atom stereocenters. The van der Waals surface area contributed by atoms with Crippen LogP contribution in [0.15, 0.2) is 11.6 Å². The lowest BCUT2D eigenvalue weighted by Gasteiger charge is -2.61. The van der Waals surface area contributed by atoms with Crippen LogP contribution in [-0.2, 0) is 14.3 Å². The second kappa shape index (κ2) is 4.76. The first-order chi connectivity index (χ1) is 13.3. The molecule has 0 N–H and O–H groups in total. The van der Waals surface area contributed by atoms with Crippen molar-refractivity contribution in [2.75, 3.05) is 0 Å². The Balaban J connectivity index is 1.34. The van der Waals surface area contributed by atoms with Gasteiger partial charge in [-0.2, -0.15) is 12.6 Å². The molecule has 6 fully saturated rings. The van der Waals surface area contributed by atoms with Crippen molar-refractivity contribution in [3.05, 3.63) is 11.6 Å². The number of fused-ring (bicyclic) bond motifs is 12. The van der Waals surface area contributed by atoms with Crippen LogP contribution in [0.3, 0.4) is 0 Å². The number of allylic oxidation sites excluding steroid dienone is 1. The van der Waals surface area contributed by atoms with Gasteiger partial charge < -0.3 is 4.74 Å². The quantitative estimate of drug-likeness (QED) is 0.491. The van der Waals surface area contributed by atoms with E-state index in [4.69, 9.17) is 17.4 Å². The van der Waals surface area contributed by atoms with Crippen LogP contribution in [-0.4, -0.2) is 22.6 Å². The summed E-state index contributed by atoms with van der Waals surface area (Å²) >= 11 is 5.02. The first kappa shape index (κ1) is 17.0. The molecule has 4 heteroatoms. The minimum Gasteiger partial charge on any atom is -0.458 e. The van der Waals surface area contributed by atoms with E-state index in [-0.39, 0.29) is 33.4 Å². The highest BCUT2D eigenvalue weighted by molar-refractivity contribution is 7.81. The molecule has 7 rings (SSSR count). The monoisotopic (exact) mass is 398 g/mol. The lowest BCUT2D eigenvalue weighted by molar-refractivity contribution is -0.177.